The molecule has 0 bridgehead atoms. The fourth-order valence-corrected chi connectivity index (χ4v) is 4.17. The lowest BCUT2D eigenvalue weighted by molar-refractivity contribution is 0.0603. The second kappa shape index (κ2) is 4.63. The first kappa shape index (κ1) is 12.3. The van der Waals surface area contributed by atoms with Gasteiger partial charge in [-0.05, 0) is 32.4 Å². The maximum atomic E-state index is 11.4. The molecule has 2 saturated heterocycles. The predicted octanol–water partition coefficient (Wildman–Crippen LogP) is 0.249. The van der Waals surface area contributed by atoms with Gasteiger partial charge in [0, 0.05) is 18.6 Å². The number of piperidine rings is 1. The first-order valence-corrected chi connectivity index (χ1v) is 8.06. The second-order valence-corrected chi connectivity index (χ2v) is 7.27. The summed E-state index contributed by atoms with van der Waals surface area (Å²) < 4.78 is 22.9. The van der Waals surface area contributed by atoms with Crippen LogP contribution in [0, 0.1) is 0 Å². The van der Waals surface area contributed by atoms with Crippen molar-refractivity contribution in [2.75, 3.05) is 37.7 Å². The minimum absolute atomic E-state index is 0.265. The molecule has 0 radical (unpaired) electrons. The molecule has 0 aromatic heterocycles. The van der Waals surface area contributed by atoms with Gasteiger partial charge in [0.1, 0.15) is 0 Å². The predicted molar refractivity (Wildman–Crippen MR) is 65.4 cm³/mol. The molecule has 2 aliphatic rings. The summed E-state index contributed by atoms with van der Waals surface area (Å²) in [5.74, 6) is 0.699. The lowest BCUT2D eigenvalue weighted by Crippen LogP contribution is -2.58. The lowest BCUT2D eigenvalue weighted by atomic mass is 9.84. The summed E-state index contributed by atoms with van der Waals surface area (Å²) in [5, 5.41) is 3.38. The molecule has 16 heavy (non-hydrogen) atoms. The van der Waals surface area contributed by atoms with Crippen LogP contribution < -0.4 is 5.32 Å². The molecule has 4 nitrogen and oxygen atoms in total. The fourth-order valence-electron chi connectivity index (χ4n) is 2.97. The smallest absolute Gasteiger partial charge is 0.152 e. The second-order valence-electron chi connectivity index (χ2n) is 4.97. The molecular formula is C11H22N2O2S. The largest absolute Gasteiger partial charge is 0.317 e. The summed E-state index contributed by atoms with van der Waals surface area (Å²) in [6.45, 7) is 5.83. The van der Waals surface area contributed by atoms with Crippen LogP contribution in [-0.2, 0) is 9.84 Å². The van der Waals surface area contributed by atoms with Gasteiger partial charge in [-0.1, -0.05) is 6.92 Å². The highest BCUT2D eigenvalue weighted by molar-refractivity contribution is 7.91. The van der Waals surface area contributed by atoms with Crippen LogP contribution in [-0.4, -0.2) is 56.5 Å². The van der Waals surface area contributed by atoms with Crippen molar-refractivity contribution in [3.63, 3.8) is 0 Å². The Morgan fingerprint density at radius 2 is 1.75 bits per heavy atom. The summed E-state index contributed by atoms with van der Waals surface area (Å²) in [6, 6.07) is 0. The Morgan fingerprint density at radius 3 is 2.25 bits per heavy atom. The monoisotopic (exact) mass is 246 g/mol. The van der Waals surface area contributed by atoms with Crippen LogP contribution in [0.25, 0.3) is 0 Å². The molecule has 0 saturated carbocycles. The number of nitrogens with zero attached hydrogens (tertiary/aromatic N) is 1. The minimum atomic E-state index is -2.75. The molecule has 1 N–H and O–H groups in total. The van der Waals surface area contributed by atoms with Crippen molar-refractivity contribution in [2.24, 2.45) is 0 Å². The Morgan fingerprint density at radius 1 is 1.19 bits per heavy atom. The van der Waals surface area contributed by atoms with Gasteiger partial charge in [-0.15, -0.1) is 0 Å². The Kier molecular flexibility index (Phi) is 3.56. The van der Waals surface area contributed by atoms with Crippen molar-refractivity contribution in [1.29, 1.82) is 0 Å². The van der Waals surface area contributed by atoms with Gasteiger partial charge in [0.15, 0.2) is 9.84 Å². The van der Waals surface area contributed by atoms with Crippen molar-refractivity contribution in [1.82, 2.24) is 10.2 Å². The van der Waals surface area contributed by atoms with Gasteiger partial charge in [0.25, 0.3) is 0 Å². The van der Waals surface area contributed by atoms with Crippen LogP contribution in [0.5, 0.6) is 0 Å². The molecule has 0 atom stereocenters. The summed E-state index contributed by atoms with van der Waals surface area (Å²) >= 11 is 0. The van der Waals surface area contributed by atoms with E-state index >= 15 is 0 Å². The van der Waals surface area contributed by atoms with Crippen LogP contribution in [0.15, 0.2) is 0 Å². The maximum absolute atomic E-state index is 11.4. The first-order chi connectivity index (χ1) is 7.58. The average Bonchev–Trinajstić information content (AvgIpc) is 2.30. The van der Waals surface area contributed by atoms with E-state index in [4.69, 9.17) is 0 Å². The minimum Gasteiger partial charge on any atom is -0.317 e. The summed E-state index contributed by atoms with van der Waals surface area (Å²) in [7, 11) is -2.75. The highest BCUT2D eigenvalue weighted by atomic mass is 32.2. The number of sulfone groups is 1. The third-order valence-corrected chi connectivity index (χ3v) is 5.82. The molecular weight excluding hydrogens is 224 g/mol. The van der Waals surface area contributed by atoms with Gasteiger partial charge < -0.3 is 5.32 Å². The molecule has 2 aliphatic heterocycles. The summed E-state index contributed by atoms with van der Waals surface area (Å²) in [6.07, 6.45) is 3.45. The zero-order valence-electron chi connectivity index (χ0n) is 10.0. The van der Waals surface area contributed by atoms with Crippen molar-refractivity contribution in [3.8, 4) is 0 Å². The van der Waals surface area contributed by atoms with E-state index in [-0.39, 0.29) is 5.54 Å². The number of rotatable bonds is 2. The van der Waals surface area contributed by atoms with Crippen molar-refractivity contribution >= 4 is 9.84 Å². The van der Waals surface area contributed by atoms with Crippen molar-refractivity contribution in [2.45, 2.75) is 31.7 Å². The van der Waals surface area contributed by atoms with Crippen LogP contribution in [0.2, 0.25) is 0 Å². The quantitative estimate of drug-likeness (QED) is 0.759. The maximum Gasteiger partial charge on any atom is 0.152 e. The fraction of sp³-hybridized carbons (Fsp3) is 1.00. The summed E-state index contributed by atoms with van der Waals surface area (Å²) in [5.41, 5.74) is 0.265. The van der Waals surface area contributed by atoms with Crippen molar-refractivity contribution < 1.29 is 8.42 Å². The Bertz CT molecular complexity index is 320. The number of hydrogen-bond acceptors (Lipinski definition) is 4. The molecule has 0 aromatic rings. The average molecular weight is 246 g/mol. The van der Waals surface area contributed by atoms with Crippen molar-refractivity contribution in [3.05, 3.63) is 0 Å². The Balaban J connectivity index is 2.05. The Labute approximate surface area is 98.3 Å². The van der Waals surface area contributed by atoms with E-state index in [1.54, 1.807) is 0 Å². The van der Waals surface area contributed by atoms with Gasteiger partial charge in [-0.2, -0.15) is 0 Å². The van der Waals surface area contributed by atoms with E-state index in [1.165, 1.54) is 0 Å². The Hall–Kier alpha value is -0.130. The normalized spacial score (nSPS) is 30.1. The van der Waals surface area contributed by atoms with E-state index in [9.17, 15) is 8.42 Å². The zero-order valence-corrected chi connectivity index (χ0v) is 10.9. The standard InChI is InChI=1S/C11H22N2O2S/c1-2-11(3-5-12-6-4-11)13-7-9-16(14,15)10-8-13/h12H,2-10H2,1H3. The molecule has 0 amide bonds. The van der Waals surface area contributed by atoms with Crippen LogP contribution >= 0.6 is 0 Å². The van der Waals surface area contributed by atoms with E-state index < -0.39 is 9.84 Å². The SMILES string of the molecule is CCC1(N2CCS(=O)(=O)CC2)CCNCC1. The van der Waals surface area contributed by atoms with E-state index in [1.807, 2.05) is 0 Å². The first-order valence-electron chi connectivity index (χ1n) is 6.24. The molecule has 5 heteroatoms. The molecule has 0 aromatic carbocycles. The molecule has 0 aliphatic carbocycles. The third-order valence-electron chi connectivity index (χ3n) is 4.21. The number of hydrogen-bond donors (Lipinski definition) is 1. The van der Waals surface area contributed by atoms with Gasteiger partial charge in [0.05, 0.1) is 11.5 Å². The molecule has 2 rings (SSSR count). The third kappa shape index (κ3) is 2.41. The highest BCUT2D eigenvalue weighted by Gasteiger charge is 2.38. The van der Waals surface area contributed by atoms with Crippen LogP contribution in [0.4, 0.5) is 0 Å². The van der Waals surface area contributed by atoms with E-state index in [2.05, 4.69) is 17.1 Å². The van der Waals surface area contributed by atoms with Crippen LogP contribution in [0.3, 0.4) is 0 Å². The molecule has 2 heterocycles. The summed E-state index contributed by atoms with van der Waals surface area (Å²) in [4.78, 5) is 2.43. The zero-order chi connectivity index (χ0) is 11.6. The topological polar surface area (TPSA) is 49.4 Å². The van der Waals surface area contributed by atoms with Crippen LogP contribution in [0.1, 0.15) is 26.2 Å². The molecule has 2 fully saturated rings. The van der Waals surface area contributed by atoms with E-state index in [0.717, 1.165) is 45.4 Å². The lowest BCUT2D eigenvalue weighted by Gasteiger charge is -2.47. The van der Waals surface area contributed by atoms with E-state index in [0.29, 0.717) is 11.5 Å². The van der Waals surface area contributed by atoms with Gasteiger partial charge in [-0.25, -0.2) is 8.42 Å². The molecule has 94 valence electrons. The van der Waals surface area contributed by atoms with Gasteiger partial charge in [0.2, 0.25) is 0 Å². The number of nitrogens with one attached hydrogen (secondary N) is 1. The highest BCUT2D eigenvalue weighted by Crippen LogP contribution is 2.30. The molecule has 0 spiro atoms. The molecule has 0 unspecified atom stereocenters. The van der Waals surface area contributed by atoms with Gasteiger partial charge in [-0.3, -0.25) is 4.90 Å². The van der Waals surface area contributed by atoms with Gasteiger partial charge >= 0.3 is 0 Å².